The third kappa shape index (κ3) is 3.86. The predicted molar refractivity (Wildman–Crippen MR) is 22.7 cm³/mol. The highest BCUT2D eigenvalue weighted by atomic mass is 79.9. The molecule has 0 amide bonds. The Kier molecular flexibility index (Phi) is 2.99. The van der Waals surface area contributed by atoms with Crippen LogP contribution in [0.2, 0.25) is 0 Å². The quantitative estimate of drug-likeness (QED) is 0.470. The molecule has 34 valence electrons. The summed E-state index contributed by atoms with van der Waals surface area (Å²) in [7, 11) is 0. The van der Waals surface area contributed by atoms with Gasteiger partial charge in [0.1, 0.15) is 6.33 Å². The first-order valence-corrected chi connectivity index (χ1v) is 1.93. The summed E-state index contributed by atoms with van der Waals surface area (Å²) in [6.07, 6.45) is -0.00984. The van der Waals surface area contributed by atoms with Gasteiger partial charge < -0.3 is 0 Å². The Balaban J connectivity index is 3.73. The number of hydrogen-bond donors (Lipinski definition) is 0. The third-order valence-electron chi connectivity index (χ3n) is 0.164. The molecule has 0 heterocycles. The van der Waals surface area contributed by atoms with Crippen LogP contribution in [0.15, 0.2) is 16.8 Å². The highest BCUT2D eigenvalue weighted by Crippen LogP contribution is 2.00. The molecule has 0 unspecified atom stereocenters. The van der Waals surface area contributed by atoms with Crippen LogP contribution in [0.5, 0.6) is 0 Å². The fourth-order valence-electron chi connectivity index (χ4n) is 0.0412. The monoisotopic (exact) mass is 154 g/mol. The van der Waals surface area contributed by atoms with E-state index in [1.54, 1.807) is 5.73 Å². The molecule has 0 aromatic rings. The molecule has 0 bridgehead atoms. The second kappa shape index (κ2) is 3.07. The SMILES string of the molecule is FC=C=C(F)Br. The topological polar surface area (TPSA) is 0 Å². The van der Waals surface area contributed by atoms with E-state index in [1.165, 1.54) is 0 Å². The third-order valence-corrected chi connectivity index (χ3v) is 0.393. The molecule has 0 saturated carbocycles. The van der Waals surface area contributed by atoms with Crippen molar-refractivity contribution in [2.75, 3.05) is 0 Å². The summed E-state index contributed by atoms with van der Waals surface area (Å²) < 4.78 is 21.0. The molecular formula is C3HBrF2. The summed E-state index contributed by atoms with van der Waals surface area (Å²) in [5.41, 5.74) is 1.58. The lowest BCUT2D eigenvalue weighted by atomic mass is 10.9. The lowest BCUT2D eigenvalue weighted by Crippen LogP contribution is -1.36. The average Bonchev–Trinajstić information content (AvgIpc) is 1.35. The first-order valence-electron chi connectivity index (χ1n) is 1.13. The van der Waals surface area contributed by atoms with Crippen molar-refractivity contribution in [2.24, 2.45) is 0 Å². The van der Waals surface area contributed by atoms with E-state index in [-0.39, 0.29) is 6.33 Å². The van der Waals surface area contributed by atoms with Crippen molar-refractivity contribution in [2.45, 2.75) is 0 Å². The van der Waals surface area contributed by atoms with Crippen LogP contribution in [0.1, 0.15) is 0 Å². The van der Waals surface area contributed by atoms with Gasteiger partial charge in [0, 0.05) is 0 Å². The zero-order valence-corrected chi connectivity index (χ0v) is 4.30. The van der Waals surface area contributed by atoms with Crippen LogP contribution >= 0.6 is 15.9 Å². The molecule has 0 radical (unpaired) electrons. The molecule has 0 aliphatic rings. The summed E-state index contributed by atoms with van der Waals surface area (Å²) in [5, 5.41) is 0. The Hall–Kier alpha value is -0.140. The summed E-state index contributed by atoms with van der Waals surface area (Å²) in [4.78, 5) is 0. The predicted octanol–water partition coefficient (Wildman–Crippen LogP) is 2.27. The molecule has 0 nitrogen and oxygen atoms in total. The van der Waals surface area contributed by atoms with Crippen molar-refractivity contribution in [3.63, 3.8) is 0 Å². The van der Waals surface area contributed by atoms with Gasteiger partial charge in [-0.1, -0.05) is 0 Å². The molecule has 0 aromatic carbocycles. The van der Waals surface area contributed by atoms with E-state index >= 15 is 0 Å². The molecule has 0 N–H and O–H groups in total. The zero-order chi connectivity index (χ0) is 4.99. The summed E-state index contributed by atoms with van der Waals surface area (Å²) >= 11 is 2.30. The van der Waals surface area contributed by atoms with Crippen LogP contribution in [0, 0.1) is 0 Å². The van der Waals surface area contributed by atoms with E-state index in [4.69, 9.17) is 0 Å². The molecule has 0 atom stereocenters. The summed E-state index contributed by atoms with van der Waals surface area (Å²) in [6, 6.07) is 0. The van der Waals surface area contributed by atoms with Crippen molar-refractivity contribution in [3.8, 4) is 0 Å². The van der Waals surface area contributed by atoms with Gasteiger partial charge in [0.25, 0.3) is 0 Å². The zero-order valence-electron chi connectivity index (χ0n) is 2.71. The maximum absolute atomic E-state index is 11.2. The maximum Gasteiger partial charge on any atom is 0.210 e. The highest BCUT2D eigenvalue weighted by molar-refractivity contribution is 9.11. The number of rotatable bonds is 0. The van der Waals surface area contributed by atoms with E-state index in [9.17, 15) is 8.78 Å². The molecule has 0 fully saturated rings. The molecule has 3 heteroatoms. The van der Waals surface area contributed by atoms with E-state index < -0.39 is 4.74 Å². The standard InChI is InChI=1S/C3HBrF2/c4-3(6)1-2-5/h2H. The molecule has 0 spiro atoms. The minimum absolute atomic E-state index is 0.00984. The molecule has 0 aromatic heterocycles. The second-order valence-corrected chi connectivity index (χ2v) is 1.21. The number of hydrogen-bond acceptors (Lipinski definition) is 0. The second-order valence-electron chi connectivity index (χ2n) is 0.514. The van der Waals surface area contributed by atoms with Gasteiger partial charge in [-0.3, -0.25) is 0 Å². The minimum Gasteiger partial charge on any atom is -0.206 e. The van der Waals surface area contributed by atoms with Crippen molar-refractivity contribution in [1.82, 2.24) is 0 Å². The lowest BCUT2D eigenvalue weighted by molar-refractivity contribution is 0.692. The van der Waals surface area contributed by atoms with Crippen LogP contribution < -0.4 is 0 Å². The fourth-order valence-corrected chi connectivity index (χ4v) is 0.128. The van der Waals surface area contributed by atoms with Crippen molar-refractivity contribution in [3.05, 3.63) is 16.8 Å². The van der Waals surface area contributed by atoms with Gasteiger partial charge in [-0.25, -0.2) is 4.39 Å². The maximum atomic E-state index is 11.2. The van der Waals surface area contributed by atoms with Gasteiger partial charge >= 0.3 is 0 Å². The van der Waals surface area contributed by atoms with Crippen molar-refractivity contribution in [1.29, 1.82) is 0 Å². The Labute approximate surface area is 42.3 Å². The van der Waals surface area contributed by atoms with Gasteiger partial charge in [-0.2, -0.15) is 4.39 Å². The number of halogens is 3. The molecular weight excluding hydrogens is 154 g/mol. The Morgan fingerprint density at radius 2 is 2.33 bits per heavy atom. The molecule has 0 saturated heterocycles. The van der Waals surface area contributed by atoms with Crippen LogP contribution in [0.3, 0.4) is 0 Å². The van der Waals surface area contributed by atoms with Gasteiger partial charge in [0.05, 0.1) is 0 Å². The molecule has 6 heavy (non-hydrogen) atoms. The van der Waals surface area contributed by atoms with Gasteiger partial charge in [-0.15, -0.1) is 0 Å². The summed E-state index contributed by atoms with van der Waals surface area (Å²) in [6.45, 7) is 0. The van der Waals surface area contributed by atoms with Crippen LogP contribution in [-0.2, 0) is 0 Å². The van der Waals surface area contributed by atoms with Crippen LogP contribution in [-0.4, -0.2) is 0 Å². The first kappa shape index (κ1) is 5.86. The summed E-state index contributed by atoms with van der Waals surface area (Å²) in [5.74, 6) is 0. The molecule has 0 aliphatic carbocycles. The van der Waals surface area contributed by atoms with Crippen molar-refractivity contribution < 1.29 is 8.78 Å². The van der Waals surface area contributed by atoms with E-state index in [2.05, 4.69) is 15.9 Å². The minimum atomic E-state index is -0.829. The van der Waals surface area contributed by atoms with E-state index in [0.717, 1.165) is 0 Å². The lowest BCUT2D eigenvalue weighted by Gasteiger charge is -1.60. The van der Waals surface area contributed by atoms with Crippen molar-refractivity contribution >= 4 is 15.9 Å². The molecule has 0 aliphatic heterocycles. The van der Waals surface area contributed by atoms with Gasteiger partial charge in [0.2, 0.25) is 4.74 Å². The molecule has 0 rings (SSSR count). The fraction of sp³-hybridized carbons (Fsp3) is 0. The van der Waals surface area contributed by atoms with Crippen LogP contribution in [0.4, 0.5) is 8.78 Å². The Bertz CT molecular complexity index is 87.0. The van der Waals surface area contributed by atoms with Gasteiger partial charge in [0.15, 0.2) is 0 Å². The Morgan fingerprint density at radius 1 is 1.83 bits per heavy atom. The highest BCUT2D eigenvalue weighted by Gasteiger charge is 1.71. The first-order chi connectivity index (χ1) is 2.77. The van der Waals surface area contributed by atoms with E-state index in [1.807, 2.05) is 0 Å². The van der Waals surface area contributed by atoms with Gasteiger partial charge in [-0.05, 0) is 21.7 Å². The van der Waals surface area contributed by atoms with Crippen LogP contribution in [0.25, 0.3) is 0 Å². The average molecular weight is 155 g/mol. The smallest absolute Gasteiger partial charge is 0.206 e. The largest absolute Gasteiger partial charge is 0.210 e. The van der Waals surface area contributed by atoms with E-state index in [0.29, 0.717) is 0 Å². The Morgan fingerprint density at radius 3 is 2.33 bits per heavy atom. The normalized spacial score (nSPS) is 6.50.